The minimum Gasteiger partial charge on any atom is -0.393 e. The maximum Gasteiger partial charge on any atom is 0.165 e. The second-order valence-electron chi connectivity index (χ2n) is 6.23. The van der Waals surface area contributed by atoms with Crippen molar-refractivity contribution in [3.05, 3.63) is 0 Å². The fourth-order valence-corrected chi connectivity index (χ4v) is 2.56. The monoisotopic (exact) mass is 274 g/mol. The molecule has 0 aromatic heterocycles. The van der Waals surface area contributed by atoms with Gasteiger partial charge in [-0.05, 0) is 25.7 Å². The van der Waals surface area contributed by atoms with Crippen LogP contribution in [-0.4, -0.2) is 41.4 Å². The highest BCUT2D eigenvalue weighted by Crippen LogP contribution is 2.33. The van der Waals surface area contributed by atoms with Gasteiger partial charge in [-0.3, -0.25) is 0 Å². The van der Waals surface area contributed by atoms with Crippen LogP contribution in [-0.2, 0) is 9.47 Å². The van der Waals surface area contributed by atoms with Crippen molar-refractivity contribution in [3.63, 3.8) is 0 Å². The Morgan fingerprint density at radius 3 is 2.79 bits per heavy atom. The molecule has 0 radical (unpaired) electrons. The van der Waals surface area contributed by atoms with Crippen LogP contribution in [0.5, 0.6) is 0 Å². The summed E-state index contributed by atoms with van der Waals surface area (Å²) in [6.07, 6.45) is 2.72. The molecule has 1 aliphatic rings. The molecule has 0 aromatic rings. The third-order valence-electron chi connectivity index (χ3n) is 3.87. The van der Waals surface area contributed by atoms with Crippen molar-refractivity contribution in [1.29, 1.82) is 0 Å². The van der Waals surface area contributed by atoms with Crippen molar-refractivity contribution in [2.24, 2.45) is 11.8 Å². The van der Waals surface area contributed by atoms with Crippen LogP contribution < -0.4 is 0 Å². The number of ether oxygens (including phenoxy) is 2. The van der Waals surface area contributed by atoms with Gasteiger partial charge in [0, 0.05) is 25.6 Å². The highest BCUT2D eigenvalue weighted by molar-refractivity contribution is 4.85. The van der Waals surface area contributed by atoms with Gasteiger partial charge < -0.3 is 19.7 Å². The molecule has 1 saturated heterocycles. The topological polar surface area (TPSA) is 58.9 Å². The number of unbranched alkanes of at least 4 members (excludes halogenated alkanes) is 1. The third-order valence-corrected chi connectivity index (χ3v) is 3.87. The minimum atomic E-state index is -1.21. The molecule has 0 spiro atoms. The van der Waals surface area contributed by atoms with Crippen molar-refractivity contribution >= 4 is 0 Å². The molecule has 114 valence electrons. The van der Waals surface area contributed by atoms with E-state index in [9.17, 15) is 10.2 Å². The molecule has 1 rings (SSSR count). The van der Waals surface area contributed by atoms with E-state index in [-0.39, 0.29) is 18.4 Å². The van der Waals surface area contributed by atoms with Gasteiger partial charge >= 0.3 is 0 Å². The van der Waals surface area contributed by atoms with E-state index in [1.807, 2.05) is 6.92 Å². The quantitative estimate of drug-likeness (QED) is 0.700. The molecular weight excluding hydrogens is 244 g/mol. The Balaban J connectivity index is 2.37. The Hall–Kier alpha value is -0.160. The minimum absolute atomic E-state index is 0.0540. The van der Waals surface area contributed by atoms with Crippen LogP contribution in [0.1, 0.15) is 53.4 Å². The molecule has 2 N–H and O–H groups in total. The van der Waals surface area contributed by atoms with Crippen molar-refractivity contribution in [1.82, 2.24) is 0 Å². The zero-order valence-electron chi connectivity index (χ0n) is 12.8. The first-order valence-corrected chi connectivity index (χ1v) is 7.51. The molecule has 5 unspecified atom stereocenters. The summed E-state index contributed by atoms with van der Waals surface area (Å²) in [7, 11) is 0. The van der Waals surface area contributed by atoms with Crippen molar-refractivity contribution in [3.8, 4) is 0 Å². The van der Waals surface area contributed by atoms with Crippen LogP contribution >= 0.6 is 0 Å². The lowest BCUT2D eigenvalue weighted by atomic mass is 9.85. The molecule has 19 heavy (non-hydrogen) atoms. The summed E-state index contributed by atoms with van der Waals surface area (Å²) >= 11 is 0. The van der Waals surface area contributed by atoms with Gasteiger partial charge in [0.2, 0.25) is 0 Å². The number of hydrogen-bond donors (Lipinski definition) is 2. The molecule has 0 amide bonds. The molecule has 5 atom stereocenters. The Morgan fingerprint density at radius 1 is 1.47 bits per heavy atom. The zero-order chi connectivity index (χ0) is 14.5. The first-order valence-electron chi connectivity index (χ1n) is 7.51. The molecule has 1 heterocycles. The first kappa shape index (κ1) is 16.9. The number of hydrogen-bond acceptors (Lipinski definition) is 4. The lowest BCUT2D eigenvalue weighted by molar-refractivity contribution is -0.280. The van der Waals surface area contributed by atoms with Crippen molar-refractivity contribution < 1.29 is 19.7 Å². The highest BCUT2D eigenvalue weighted by Gasteiger charge is 2.41. The Labute approximate surface area is 117 Å². The van der Waals surface area contributed by atoms with Crippen LogP contribution in [0.25, 0.3) is 0 Å². The average Bonchev–Trinajstić information content (AvgIpc) is 2.30. The molecule has 1 aliphatic heterocycles. The smallest absolute Gasteiger partial charge is 0.165 e. The standard InChI is InChI=1S/C15H30O4/c1-5-6-7-18-10-11(2)8-14-12(3)13(16)9-15(4,17)19-14/h11-14,16-17H,5-10H2,1-4H3. The predicted molar refractivity (Wildman–Crippen MR) is 74.8 cm³/mol. The second kappa shape index (κ2) is 7.58. The Bertz CT molecular complexity index is 255. The second-order valence-corrected chi connectivity index (χ2v) is 6.23. The molecular formula is C15H30O4. The molecule has 4 heteroatoms. The van der Waals surface area contributed by atoms with E-state index in [4.69, 9.17) is 9.47 Å². The van der Waals surface area contributed by atoms with Crippen molar-refractivity contribution in [2.45, 2.75) is 71.4 Å². The van der Waals surface area contributed by atoms with Gasteiger partial charge in [-0.25, -0.2) is 0 Å². The van der Waals surface area contributed by atoms with Crippen LogP contribution in [0.15, 0.2) is 0 Å². The average molecular weight is 274 g/mol. The number of aliphatic hydroxyl groups excluding tert-OH is 1. The summed E-state index contributed by atoms with van der Waals surface area (Å²) in [5.41, 5.74) is 0. The van der Waals surface area contributed by atoms with E-state index in [2.05, 4.69) is 13.8 Å². The summed E-state index contributed by atoms with van der Waals surface area (Å²) in [6.45, 7) is 9.39. The number of rotatable bonds is 7. The van der Waals surface area contributed by atoms with Crippen LogP contribution in [0.2, 0.25) is 0 Å². The molecule has 0 aliphatic carbocycles. The van der Waals surface area contributed by atoms with Gasteiger partial charge in [0.25, 0.3) is 0 Å². The van der Waals surface area contributed by atoms with Crippen LogP contribution in [0.4, 0.5) is 0 Å². The molecule has 4 nitrogen and oxygen atoms in total. The van der Waals surface area contributed by atoms with E-state index in [0.29, 0.717) is 12.5 Å². The SMILES string of the molecule is CCCCOCC(C)CC1OC(C)(O)CC(O)C1C. The largest absolute Gasteiger partial charge is 0.393 e. The van der Waals surface area contributed by atoms with Gasteiger partial charge in [-0.15, -0.1) is 0 Å². The van der Waals surface area contributed by atoms with Crippen LogP contribution in [0, 0.1) is 11.8 Å². The fourth-order valence-electron chi connectivity index (χ4n) is 2.56. The van der Waals surface area contributed by atoms with Crippen molar-refractivity contribution in [2.75, 3.05) is 13.2 Å². The van der Waals surface area contributed by atoms with Crippen LogP contribution in [0.3, 0.4) is 0 Å². The van der Waals surface area contributed by atoms with E-state index in [1.165, 1.54) is 0 Å². The third kappa shape index (κ3) is 5.78. The Morgan fingerprint density at radius 2 is 2.16 bits per heavy atom. The van der Waals surface area contributed by atoms with Gasteiger partial charge in [0.15, 0.2) is 5.79 Å². The van der Waals surface area contributed by atoms with Gasteiger partial charge in [-0.2, -0.15) is 0 Å². The summed E-state index contributed by atoms with van der Waals surface area (Å²) in [6, 6.07) is 0. The molecule has 0 saturated carbocycles. The normalized spacial score (nSPS) is 37.3. The van der Waals surface area contributed by atoms with Gasteiger partial charge in [-0.1, -0.05) is 27.2 Å². The number of aliphatic hydroxyl groups is 2. The first-order chi connectivity index (χ1) is 8.85. The Kier molecular flexibility index (Phi) is 6.74. The summed E-state index contributed by atoms with van der Waals surface area (Å²) in [4.78, 5) is 0. The maximum atomic E-state index is 9.98. The zero-order valence-corrected chi connectivity index (χ0v) is 12.8. The highest BCUT2D eigenvalue weighted by atomic mass is 16.6. The summed E-state index contributed by atoms with van der Waals surface area (Å²) < 4.78 is 11.3. The van der Waals surface area contributed by atoms with E-state index in [0.717, 1.165) is 25.9 Å². The maximum absolute atomic E-state index is 9.98. The summed E-state index contributed by atoms with van der Waals surface area (Å²) in [5, 5.41) is 19.9. The molecule has 1 fully saturated rings. The van der Waals surface area contributed by atoms with E-state index < -0.39 is 11.9 Å². The lowest BCUT2D eigenvalue weighted by Crippen LogP contribution is -2.49. The van der Waals surface area contributed by atoms with Gasteiger partial charge in [0.05, 0.1) is 12.2 Å². The van der Waals surface area contributed by atoms with E-state index in [1.54, 1.807) is 6.92 Å². The lowest BCUT2D eigenvalue weighted by Gasteiger charge is -2.42. The summed E-state index contributed by atoms with van der Waals surface area (Å²) in [5.74, 6) is -0.789. The molecule has 0 bridgehead atoms. The van der Waals surface area contributed by atoms with E-state index >= 15 is 0 Å². The predicted octanol–water partition coefficient (Wildman–Crippen LogP) is 2.32. The fraction of sp³-hybridized carbons (Fsp3) is 1.00. The molecule has 0 aromatic carbocycles. The van der Waals surface area contributed by atoms with Gasteiger partial charge in [0.1, 0.15) is 0 Å².